The Morgan fingerprint density at radius 3 is 2.50 bits per heavy atom. The normalized spacial score (nSPS) is 18.9. The fourth-order valence-corrected chi connectivity index (χ4v) is 2.78. The van der Waals surface area contributed by atoms with Gasteiger partial charge in [0.1, 0.15) is 0 Å². The van der Waals surface area contributed by atoms with E-state index >= 15 is 0 Å². The Hall–Kier alpha value is -0.170. The molecule has 0 aromatic rings. The van der Waals surface area contributed by atoms with Gasteiger partial charge in [-0.1, -0.05) is 12.8 Å². The van der Waals surface area contributed by atoms with Gasteiger partial charge in [-0.15, -0.1) is 0 Å². The molecule has 14 heavy (non-hydrogen) atoms. The molecule has 5 nitrogen and oxygen atoms in total. The molecule has 1 aliphatic rings. The monoisotopic (exact) mass is 221 g/mol. The van der Waals surface area contributed by atoms with Crippen LogP contribution in [-0.4, -0.2) is 27.5 Å². The molecule has 1 rings (SSSR count). The molecule has 0 atom stereocenters. The predicted molar refractivity (Wildman–Crippen MR) is 56.0 cm³/mol. The SMILES string of the molecule is NCCCNS(=O)(=O)NC1CCCC1. The molecule has 0 aromatic heterocycles. The van der Waals surface area contributed by atoms with Crippen LogP contribution in [0.5, 0.6) is 0 Å². The topological polar surface area (TPSA) is 84.2 Å². The second-order valence-electron chi connectivity index (χ2n) is 3.64. The van der Waals surface area contributed by atoms with Gasteiger partial charge in [0.25, 0.3) is 10.2 Å². The van der Waals surface area contributed by atoms with Crippen LogP contribution in [0.25, 0.3) is 0 Å². The molecule has 0 unspecified atom stereocenters. The minimum atomic E-state index is -3.29. The van der Waals surface area contributed by atoms with E-state index in [4.69, 9.17) is 5.73 Å². The summed E-state index contributed by atoms with van der Waals surface area (Å²) in [4.78, 5) is 0. The highest BCUT2D eigenvalue weighted by Gasteiger charge is 2.20. The van der Waals surface area contributed by atoms with E-state index in [1.54, 1.807) is 0 Å². The predicted octanol–water partition coefficient (Wildman–Crippen LogP) is -0.298. The van der Waals surface area contributed by atoms with E-state index < -0.39 is 10.2 Å². The lowest BCUT2D eigenvalue weighted by Crippen LogP contribution is -2.42. The standard InChI is InChI=1S/C8H19N3O2S/c9-6-3-7-10-14(12,13)11-8-4-1-2-5-8/h8,10-11H,1-7,9H2. The van der Waals surface area contributed by atoms with E-state index in [2.05, 4.69) is 9.44 Å². The first-order valence-electron chi connectivity index (χ1n) is 5.11. The van der Waals surface area contributed by atoms with Crippen molar-refractivity contribution >= 4 is 10.2 Å². The minimum absolute atomic E-state index is 0.130. The van der Waals surface area contributed by atoms with Crippen molar-refractivity contribution in [2.45, 2.75) is 38.1 Å². The summed E-state index contributed by atoms with van der Waals surface area (Å²) in [7, 11) is -3.29. The number of hydrogen-bond donors (Lipinski definition) is 3. The van der Waals surface area contributed by atoms with E-state index in [1.165, 1.54) is 0 Å². The summed E-state index contributed by atoms with van der Waals surface area (Å²) in [6.07, 6.45) is 4.83. The van der Waals surface area contributed by atoms with Crippen molar-refractivity contribution in [3.63, 3.8) is 0 Å². The lowest BCUT2D eigenvalue weighted by molar-refractivity contribution is 0.538. The van der Waals surface area contributed by atoms with Gasteiger partial charge < -0.3 is 5.73 Å². The van der Waals surface area contributed by atoms with Crippen LogP contribution in [0.1, 0.15) is 32.1 Å². The third-order valence-electron chi connectivity index (χ3n) is 2.35. The Bertz CT molecular complexity index is 247. The minimum Gasteiger partial charge on any atom is -0.330 e. The maximum atomic E-state index is 11.4. The Morgan fingerprint density at radius 2 is 1.93 bits per heavy atom. The van der Waals surface area contributed by atoms with Crippen molar-refractivity contribution in [2.24, 2.45) is 5.73 Å². The first kappa shape index (κ1) is 11.9. The molecule has 0 amide bonds. The number of rotatable bonds is 6. The van der Waals surface area contributed by atoms with Crippen LogP contribution in [0.4, 0.5) is 0 Å². The molecule has 0 spiro atoms. The summed E-state index contributed by atoms with van der Waals surface area (Å²) < 4.78 is 27.9. The summed E-state index contributed by atoms with van der Waals surface area (Å²) >= 11 is 0. The zero-order chi connectivity index (χ0) is 10.4. The largest absolute Gasteiger partial charge is 0.330 e. The van der Waals surface area contributed by atoms with Crippen LogP contribution < -0.4 is 15.2 Å². The van der Waals surface area contributed by atoms with Gasteiger partial charge in [0.15, 0.2) is 0 Å². The van der Waals surface area contributed by atoms with Crippen molar-refractivity contribution in [2.75, 3.05) is 13.1 Å². The lowest BCUT2D eigenvalue weighted by atomic mass is 10.3. The van der Waals surface area contributed by atoms with Crippen molar-refractivity contribution in [1.29, 1.82) is 0 Å². The first-order valence-corrected chi connectivity index (χ1v) is 6.59. The molecule has 0 bridgehead atoms. The molecule has 0 saturated heterocycles. The fraction of sp³-hybridized carbons (Fsp3) is 1.00. The third kappa shape index (κ3) is 4.36. The van der Waals surface area contributed by atoms with E-state index in [-0.39, 0.29) is 6.04 Å². The molecule has 1 saturated carbocycles. The Balaban J connectivity index is 2.26. The maximum Gasteiger partial charge on any atom is 0.277 e. The van der Waals surface area contributed by atoms with Crippen LogP contribution in [0.15, 0.2) is 0 Å². The van der Waals surface area contributed by atoms with Gasteiger partial charge in [0.2, 0.25) is 0 Å². The summed E-state index contributed by atoms with van der Waals surface area (Å²) in [6.45, 7) is 0.921. The lowest BCUT2D eigenvalue weighted by Gasteiger charge is -2.12. The molecule has 6 heteroatoms. The summed E-state index contributed by atoms with van der Waals surface area (Å²) in [5.41, 5.74) is 5.27. The quantitative estimate of drug-likeness (QED) is 0.538. The van der Waals surface area contributed by atoms with Crippen LogP contribution in [0.2, 0.25) is 0 Å². The fourth-order valence-electron chi connectivity index (χ4n) is 1.61. The molecule has 1 aliphatic carbocycles. The molecule has 4 N–H and O–H groups in total. The van der Waals surface area contributed by atoms with Crippen molar-refractivity contribution < 1.29 is 8.42 Å². The van der Waals surface area contributed by atoms with Crippen LogP contribution in [0.3, 0.4) is 0 Å². The van der Waals surface area contributed by atoms with Gasteiger partial charge in [0.05, 0.1) is 0 Å². The van der Waals surface area contributed by atoms with Crippen LogP contribution in [-0.2, 0) is 10.2 Å². The summed E-state index contributed by atoms with van der Waals surface area (Å²) in [5, 5.41) is 0. The molecule has 0 aliphatic heterocycles. The van der Waals surface area contributed by atoms with Gasteiger partial charge in [-0.25, -0.2) is 4.72 Å². The molecular weight excluding hydrogens is 202 g/mol. The summed E-state index contributed by atoms with van der Waals surface area (Å²) in [5.74, 6) is 0. The van der Waals surface area contributed by atoms with Gasteiger partial charge >= 0.3 is 0 Å². The van der Waals surface area contributed by atoms with Crippen molar-refractivity contribution in [3.8, 4) is 0 Å². The van der Waals surface area contributed by atoms with E-state index in [9.17, 15) is 8.42 Å². The highest BCUT2D eigenvalue weighted by atomic mass is 32.2. The van der Waals surface area contributed by atoms with Gasteiger partial charge in [-0.3, -0.25) is 0 Å². The second kappa shape index (κ2) is 5.65. The maximum absolute atomic E-state index is 11.4. The summed E-state index contributed by atoms with van der Waals surface area (Å²) in [6, 6.07) is 0.130. The van der Waals surface area contributed by atoms with E-state index in [0.29, 0.717) is 19.5 Å². The van der Waals surface area contributed by atoms with Gasteiger partial charge in [-0.2, -0.15) is 13.1 Å². The molecule has 0 radical (unpaired) electrons. The third-order valence-corrected chi connectivity index (χ3v) is 3.58. The number of nitrogens with one attached hydrogen (secondary N) is 2. The molecule has 1 fully saturated rings. The number of nitrogens with two attached hydrogens (primary N) is 1. The second-order valence-corrected chi connectivity index (χ2v) is 5.17. The van der Waals surface area contributed by atoms with Crippen molar-refractivity contribution in [3.05, 3.63) is 0 Å². The zero-order valence-electron chi connectivity index (χ0n) is 8.33. The van der Waals surface area contributed by atoms with E-state index in [1.807, 2.05) is 0 Å². The average Bonchev–Trinajstić information content (AvgIpc) is 2.56. The number of hydrogen-bond acceptors (Lipinski definition) is 3. The zero-order valence-corrected chi connectivity index (χ0v) is 9.15. The molecule has 0 heterocycles. The molecular formula is C8H19N3O2S. The highest BCUT2D eigenvalue weighted by molar-refractivity contribution is 7.87. The highest BCUT2D eigenvalue weighted by Crippen LogP contribution is 2.17. The molecule has 84 valence electrons. The van der Waals surface area contributed by atoms with E-state index in [0.717, 1.165) is 25.7 Å². The molecule has 0 aromatic carbocycles. The van der Waals surface area contributed by atoms with Crippen LogP contribution in [0, 0.1) is 0 Å². The Morgan fingerprint density at radius 1 is 1.29 bits per heavy atom. The van der Waals surface area contributed by atoms with Gasteiger partial charge in [-0.05, 0) is 25.8 Å². The first-order chi connectivity index (χ1) is 6.64. The smallest absolute Gasteiger partial charge is 0.277 e. The Kier molecular flexibility index (Phi) is 4.80. The van der Waals surface area contributed by atoms with Crippen LogP contribution >= 0.6 is 0 Å². The van der Waals surface area contributed by atoms with Crippen molar-refractivity contribution in [1.82, 2.24) is 9.44 Å². The Labute approximate surface area is 85.6 Å². The van der Waals surface area contributed by atoms with Gasteiger partial charge in [0, 0.05) is 12.6 Å². The average molecular weight is 221 g/mol.